The quantitative estimate of drug-likeness (QED) is 0.542. The molecule has 33 heavy (non-hydrogen) atoms. The van der Waals surface area contributed by atoms with Gasteiger partial charge in [0.25, 0.3) is 0 Å². The molecule has 2 aliphatic heterocycles. The molecule has 0 atom stereocenters. The maximum Gasteiger partial charge on any atom is 0.417 e. The van der Waals surface area contributed by atoms with Crippen LogP contribution in [-0.4, -0.2) is 22.4 Å². The molecule has 168 valence electrons. The summed E-state index contributed by atoms with van der Waals surface area (Å²) in [4.78, 5) is 20.9. The van der Waals surface area contributed by atoms with Crippen LogP contribution in [0.2, 0.25) is 0 Å². The summed E-state index contributed by atoms with van der Waals surface area (Å²) in [6.07, 6.45) is -4.59. The molecule has 0 aliphatic carbocycles. The van der Waals surface area contributed by atoms with Crippen molar-refractivity contribution in [3.8, 4) is 11.4 Å². The number of halogens is 3. The molecule has 3 aromatic rings. The molecule has 3 heterocycles. The van der Waals surface area contributed by atoms with Gasteiger partial charge >= 0.3 is 6.18 Å². The first-order valence-corrected chi connectivity index (χ1v) is 10.4. The summed E-state index contributed by atoms with van der Waals surface area (Å²) in [6.45, 7) is 2.79. The summed E-state index contributed by atoms with van der Waals surface area (Å²) in [5, 5.41) is 9.47. The lowest BCUT2D eigenvalue weighted by atomic mass is 10.00. The third-order valence-electron chi connectivity index (χ3n) is 5.77. The molecule has 0 spiro atoms. The number of carbonyl (C=O) groups excluding carboxylic acids is 1. The number of para-hydroxylation sites is 1. The molecule has 0 fully saturated rings. The molecule has 6 nitrogen and oxygen atoms in total. The highest BCUT2D eigenvalue weighted by atomic mass is 19.4. The SMILES string of the molecule is CC1=C(Nc2nc(-c3ccccc3C(F)(F)F)nc3c2CNC(=O)C3)c2ccccc2NC1. The van der Waals surface area contributed by atoms with E-state index in [0.717, 1.165) is 28.6 Å². The molecule has 9 heteroatoms. The van der Waals surface area contributed by atoms with Gasteiger partial charge in [-0.2, -0.15) is 13.2 Å². The van der Waals surface area contributed by atoms with Gasteiger partial charge in [-0.1, -0.05) is 36.4 Å². The normalized spacial score (nSPS) is 15.3. The van der Waals surface area contributed by atoms with Crippen molar-refractivity contribution in [2.24, 2.45) is 0 Å². The summed E-state index contributed by atoms with van der Waals surface area (Å²) < 4.78 is 41.0. The summed E-state index contributed by atoms with van der Waals surface area (Å²) in [7, 11) is 0. The van der Waals surface area contributed by atoms with Crippen molar-refractivity contribution >= 4 is 23.1 Å². The molecule has 0 saturated carbocycles. The van der Waals surface area contributed by atoms with E-state index in [1.165, 1.54) is 18.2 Å². The smallest absolute Gasteiger partial charge is 0.381 e. The van der Waals surface area contributed by atoms with Crippen molar-refractivity contribution < 1.29 is 18.0 Å². The largest absolute Gasteiger partial charge is 0.417 e. The van der Waals surface area contributed by atoms with Crippen LogP contribution >= 0.6 is 0 Å². The molecular formula is C24H20F3N5O. The Kier molecular flexibility index (Phi) is 5.03. The zero-order chi connectivity index (χ0) is 23.2. The van der Waals surface area contributed by atoms with Crippen LogP contribution in [0, 0.1) is 0 Å². The van der Waals surface area contributed by atoms with Crippen LogP contribution in [0.15, 0.2) is 54.1 Å². The number of alkyl halides is 3. The summed E-state index contributed by atoms with van der Waals surface area (Å²) >= 11 is 0. The number of nitrogens with zero attached hydrogens (tertiary/aromatic N) is 2. The van der Waals surface area contributed by atoms with E-state index < -0.39 is 11.7 Å². The highest BCUT2D eigenvalue weighted by Crippen LogP contribution is 2.38. The summed E-state index contributed by atoms with van der Waals surface area (Å²) in [5.74, 6) is 0.0854. The van der Waals surface area contributed by atoms with Crippen LogP contribution in [0.4, 0.5) is 24.7 Å². The molecule has 1 amide bonds. The summed E-state index contributed by atoms with van der Waals surface area (Å²) in [5.41, 5.74) is 3.88. The second-order valence-corrected chi connectivity index (χ2v) is 8.00. The Morgan fingerprint density at radius 3 is 2.45 bits per heavy atom. The number of hydrogen-bond acceptors (Lipinski definition) is 5. The van der Waals surface area contributed by atoms with Crippen molar-refractivity contribution in [3.05, 3.63) is 76.5 Å². The van der Waals surface area contributed by atoms with Crippen LogP contribution in [0.1, 0.15) is 29.3 Å². The zero-order valence-corrected chi connectivity index (χ0v) is 17.7. The molecule has 0 radical (unpaired) electrons. The van der Waals surface area contributed by atoms with Crippen molar-refractivity contribution in [3.63, 3.8) is 0 Å². The second kappa shape index (κ2) is 7.91. The van der Waals surface area contributed by atoms with Crippen LogP contribution in [-0.2, 0) is 23.9 Å². The number of hydrogen-bond donors (Lipinski definition) is 3. The molecular weight excluding hydrogens is 431 g/mol. The number of anilines is 2. The molecule has 2 aromatic carbocycles. The number of fused-ring (bicyclic) bond motifs is 2. The number of amides is 1. The Labute approximate surface area is 188 Å². The van der Waals surface area contributed by atoms with Crippen molar-refractivity contribution in [2.45, 2.75) is 26.1 Å². The van der Waals surface area contributed by atoms with Crippen LogP contribution in [0.5, 0.6) is 0 Å². The maximum absolute atomic E-state index is 13.7. The third-order valence-corrected chi connectivity index (χ3v) is 5.77. The second-order valence-electron chi connectivity index (χ2n) is 8.00. The van der Waals surface area contributed by atoms with E-state index >= 15 is 0 Å². The van der Waals surface area contributed by atoms with Crippen molar-refractivity contribution in [2.75, 3.05) is 17.2 Å². The number of aromatic nitrogens is 2. The Morgan fingerprint density at radius 2 is 1.67 bits per heavy atom. The number of rotatable bonds is 3. The van der Waals surface area contributed by atoms with Crippen LogP contribution in [0.25, 0.3) is 17.1 Å². The first kappa shape index (κ1) is 21.0. The maximum atomic E-state index is 13.7. The van der Waals surface area contributed by atoms with E-state index in [0.29, 0.717) is 23.6 Å². The highest BCUT2D eigenvalue weighted by molar-refractivity contribution is 5.89. The predicted octanol–water partition coefficient (Wildman–Crippen LogP) is 4.60. The first-order chi connectivity index (χ1) is 15.8. The van der Waals surface area contributed by atoms with Gasteiger partial charge in [-0.25, -0.2) is 9.97 Å². The predicted molar refractivity (Wildman–Crippen MR) is 119 cm³/mol. The van der Waals surface area contributed by atoms with E-state index in [1.54, 1.807) is 0 Å². The third kappa shape index (κ3) is 3.90. The summed E-state index contributed by atoms with van der Waals surface area (Å²) in [6, 6.07) is 13.0. The molecule has 0 unspecified atom stereocenters. The Hall–Kier alpha value is -3.88. The van der Waals surface area contributed by atoms with Gasteiger partial charge in [-0.15, -0.1) is 0 Å². The average molecular weight is 451 g/mol. The monoisotopic (exact) mass is 451 g/mol. The van der Waals surface area contributed by atoms with Crippen molar-refractivity contribution in [1.29, 1.82) is 0 Å². The van der Waals surface area contributed by atoms with Crippen molar-refractivity contribution in [1.82, 2.24) is 15.3 Å². The molecule has 0 bridgehead atoms. The van der Waals surface area contributed by atoms with E-state index in [4.69, 9.17) is 0 Å². The lowest BCUT2D eigenvalue weighted by molar-refractivity contribution is -0.137. The Morgan fingerprint density at radius 1 is 0.939 bits per heavy atom. The Bertz CT molecular complexity index is 1300. The van der Waals surface area contributed by atoms with E-state index in [9.17, 15) is 18.0 Å². The number of nitrogens with one attached hydrogen (secondary N) is 3. The fourth-order valence-electron chi connectivity index (χ4n) is 4.11. The van der Waals surface area contributed by atoms with Crippen LogP contribution < -0.4 is 16.0 Å². The molecule has 5 rings (SSSR count). The molecule has 0 saturated heterocycles. The van der Waals surface area contributed by atoms with E-state index in [-0.39, 0.29) is 30.3 Å². The van der Waals surface area contributed by atoms with E-state index in [1.807, 2.05) is 31.2 Å². The molecule has 3 N–H and O–H groups in total. The zero-order valence-electron chi connectivity index (χ0n) is 17.7. The van der Waals surface area contributed by atoms with Gasteiger partial charge in [0.2, 0.25) is 5.91 Å². The lowest BCUT2D eigenvalue weighted by Crippen LogP contribution is -2.32. The van der Waals surface area contributed by atoms with Gasteiger partial charge in [0, 0.05) is 41.2 Å². The highest BCUT2D eigenvalue weighted by Gasteiger charge is 2.35. The van der Waals surface area contributed by atoms with Gasteiger partial charge in [-0.05, 0) is 24.6 Å². The van der Waals surface area contributed by atoms with Gasteiger partial charge < -0.3 is 16.0 Å². The fourth-order valence-corrected chi connectivity index (χ4v) is 4.11. The average Bonchev–Trinajstić information content (AvgIpc) is 2.80. The minimum absolute atomic E-state index is 0.0239. The van der Waals surface area contributed by atoms with Gasteiger partial charge in [0.15, 0.2) is 5.82 Å². The standard InChI is InChI=1S/C24H20F3N5O/c1-13-11-28-18-9-5-3-7-15(18)21(13)31-23-16-12-29-20(33)10-19(16)30-22(32-23)14-6-2-4-8-17(14)24(25,26)27/h2-9,28H,10-12H2,1H3,(H,29,33)(H,30,31,32). The Balaban J connectivity index is 1.66. The van der Waals surface area contributed by atoms with Gasteiger partial charge in [0.05, 0.1) is 17.7 Å². The first-order valence-electron chi connectivity index (χ1n) is 10.4. The van der Waals surface area contributed by atoms with Crippen LogP contribution in [0.3, 0.4) is 0 Å². The molecule has 1 aromatic heterocycles. The minimum atomic E-state index is -4.56. The topological polar surface area (TPSA) is 78.9 Å². The van der Waals surface area contributed by atoms with Gasteiger partial charge in [-0.3, -0.25) is 4.79 Å². The lowest BCUT2D eigenvalue weighted by Gasteiger charge is -2.26. The number of carbonyl (C=O) groups is 1. The molecule has 2 aliphatic rings. The van der Waals surface area contributed by atoms with Gasteiger partial charge in [0.1, 0.15) is 5.82 Å². The minimum Gasteiger partial charge on any atom is -0.381 e. The number of benzene rings is 2. The fraction of sp³-hybridized carbons (Fsp3) is 0.208. The van der Waals surface area contributed by atoms with E-state index in [2.05, 4.69) is 25.9 Å².